The van der Waals surface area contributed by atoms with Crippen LogP contribution in [0.25, 0.3) is 5.69 Å². The van der Waals surface area contributed by atoms with Crippen LogP contribution in [0.2, 0.25) is 0 Å². The molecular formula is C14H14N6O4. The van der Waals surface area contributed by atoms with Gasteiger partial charge in [-0.2, -0.15) is 0 Å². The third kappa shape index (κ3) is 3.07. The minimum Gasteiger partial charge on any atom is -0.449 e. The van der Waals surface area contributed by atoms with Crippen molar-refractivity contribution in [1.29, 1.82) is 0 Å². The average molecular weight is 330 g/mol. The van der Waals surface area contributed by atoms with Gasteiger partial charge in [-0.15, -0.1) is 5.10 Å². The number of esters is 1. The number of imide groups is 1. The second-order valence-corrected chi connectivity index (χ2v) is 5.07. The molecule has 1 N–H and O–H groups in total. The number of ether oxygens (including phenoxy) is 1. The SMILES string of the molecule is C[C@@H](OC(=O)c1ccc(-n2cnnn2)cc1)C(=O)N1CCNC1=O. The zero-order chi connectivity index (χ0) is 17.1. The Balaban J connectivity index is 1.64. The normalized spacial score (nSPS) is 15.0. The van der Waals surface area contributed by atoms with E-state index in [0.29, 0.717) is 12.2 Å². The van der Waals surface area contributed by atoms with E-state index in [2.05, 4.69) is 20.8 Å². The van der Waals surface area contributed by atoms with Crippen molar-refractivity contribution in [2.24, 2.45) is 0 Å². The van der Waals surface area contributed by atoms with E-state index in [1.54, 1.807) is 24.3 Å². The van der Waals surface area contributed by atoms with Gasteiger partial charge >= 0.3 is 12.0 Å². The maximum Gasteiger partial charge on any atom is 0.338 e. The largest absolute Gasteiger partial charge is 0.449 e. The number of aromatic nitrogens is 4. The summed E-state index contributed by atoms with van der Waals surface area (Å²) in [6, 6.07) is 5.90. The summed E-state index contributed by atoms with van der Waals surface area (Å²) in [5, 5.41) is 13.3. The van der Waals surface area contributed by atoms with Crippen LogP contribution in [0.15, 0.2) is 30.6 Å². The number of urea groups is 1. The Labute approximate surface area is 136 Å². The van der Waals surface area contributed by atoms with E-state index >= 15 is 0 Å². The third-order valence-electron chi connectivity index (χ3n) is 3.47. The fourth-order valence-corrected chi connectivity index (χ4v) is 2.21. The van der Waals surface area contributed by atoms with Gasteiger partial charge < -0.3 is 10.1 Å². The van der Waals surface area contributed by atoms with Crippen LogP contribution in [-0.2, 0) is 9.53 Å². The van der Waals surface area contributed by atoms with Crippen molar-refractivity contribution >= 4 is 17.9 Å². The molecule has 1 saturated heterocycles. The van der Waals surface area contributed by atoms with Gasteiger partial charge in [0.25, 0.3) is 5.91 Å². The summed E-state index contributed by atoms with van der Waals surface area (Å²) in [5.74, 6) is -1.21. The number of rotatable bonds is 4. The van der Waals surface area contributed by atoms with Gasteiger partial charge in [0.1, 0.15) is 6.33 Å². The number of nitrogens with zero attached hydrogens (tertiary/aromatic N) is 5. The van der Waals surface area contributed by atoms with Gasteiger partial charge in [-0.3, -0.25) is 9.69 Å². The number of carbonyl (C=O) groups is 3. The molecule has 3 amide bonds. The first kappa shape index (κ1) is 15.6. The van der Waals surface area contributed by atoms with Crippen molar-refractivity contribution in [3.05, 3.63) is 36.2 Å². The van der Waals surface area contributed by atoms with E-state index < -0.39 is 24.0 Å². The standard InChI is InChI=1S/C14H14N6O4/c1-9(12(21)19-7-6-15-14(19)23)24-13(22)10-2-4-11(5-3-10)20-8-16-17-18-20/h2-5,8-9H,6-7H2,1H3,(H,15,23)/t9-/m1/s1. The van der Waals surface area contributed by atoms with Crippen LogP contribution >= 0.6 is 0 Å². The third-order valence-corrected chi connectivity index (χ3v) is 3.47. The van der Waals surface area contributed by atoms with Crippen LogP contribution < -0.4 is 5.32 Å². The number of benzene rings is 1. The number of nitrogens with one attached hydrogen (secondary N) is 1. The second kappa shape index (κ2) is 6.44. The first-order chi connectivity index (χ1) is 11.6. The zero-order valence-corrected chi connectivity index (χ0v) is 12.7. The molecule has 1 atom stereocenters. The van der Waals surface area contributed by atoms with Gasteiger partial charge in [0, 0.05) is 13.1 Å². The summed E-state index contributed by atoms with van der Waals surface area (Å²) in [6.07, 6.45) is 0.371. The van der Waals surface area contributed by atoms with Crippen molar-refractivity contribution < 1.29 is 19.1 Å². The molecule has 10 nitrogen and oxygen atoms in total. The minimum atomic E-state index is -1.06. The lowest BCUT2D eigenvalue weighted by molar-refractivity contribution is -0.136. The van der Waals surface area contributed by atoms with Gasteiger partial charge in [0.2, 0.25) is 0 Å². The Morgan fingerprint density at radius 2 is 2.04 bits per heavy atom. The van der Waals surface area contributed by atoms with E-state index in [4.69, 9.17) is 4.74 Å². The molecule has 2 heterocycles. The summed E-state index contributed by atoms with van der Waals surface area (Å²) >= 11 is 0. The highest BCUT2D eigenvalue weighted by Gasteiger charge is 2.31. The smallest absolute Gasteiger partial charge is 0.338 e. The van der Waals surface area contributed by atoms with E-state index in [1.807, 2.05) is 0 Å². The van der Waals surface area contributed by atoms with Crippen molar-refractivity contribution in [2.45, 2.75) is 13.0 Å². The lowest BCUT2D eigenvalue weighted by Gasteiger charge is -2.18. The summed E-state index contributed by atoms with van der Waals surface area (Å²) in [4.78, 5) is 36.7. The Morgan fingerprint density at radius 1 is 1.29 bits per heavy atom. The molecule has 1 aromatic carbocycles. The topological polar surface area (TPSA) is 119 Å². The molecule has 2 aromatic rings. The van der Waals surface area contributed by atoms with Crippen LogP contribution in [0.1, 0.15) is 17.3 Å². The molecule has 0 saturated carbocycles. The number of tetrazole rings is 1. The number of hydrogen-bond acceptors (Lipinski definition) is 7. The molecule has 1 aliphatic heterocycles. The summed E-state index contributed by atoms with van der Waals surface area (Å²) in [5.41, 5.74) is 0.951. The molecular weight excluding hydrogens is 316 g/mol. The molecule has 1 fully saturated rings. The van der Waals surface area contributed by atoms with Gasteiger partial charge in [-0.1, -0.05) is 0 Å². The quantitative estimate of drug-likeness (QED) is 0.768. The molecule has 1 aromatic heterocycles. The molecule has 0 radical (unpaired) electrons. The predicted octanol–water partition coefficient (Wildman–Crippen LogP) is -0.241. The molecule has 0 spiro atoms. The summed E-state index contributed by atoms with van der Waals surface area (Å²) in [6.45, 7) is 2.09. The highest BCUT2D eigenvalue weighted by Crippen LogP contribution is 2.11. The molecule has 124 valence electrons. The van der Waals surface area contributed by atoms with Gasteiger partial charge in [-0.25, -0.2) is 14.3 Å². The maximum atomic E-state index is 12.1. The van der Waals surface area contributed by atoms with Crippen molar-refractivity contribution in [1.82, 2.24) is 30.4 Å². The molecule has 1 aliphatic rings. The lowest BCUT2D eigenvalue weighted by Crippen LogP contribution is -2.41. The number of amides is 3. The fraction of sp³-hybridized carbons (Fsp3) is 0.286. The van der Waals surface area contributed by atoms with Crippen molar-refractivity contribution in [3.63, 3.8) is 0 Å². The second-order valence-electron chi connectivity index (χ2n) is 5.07. The monoisotopic (exact) mass is 330 g/mol. The molecule has 24 heavy (non-hydrogen) atoms. The number of carbonyl (C=O) groups excluding carboxylic acids is 3. The Kier molecular flexibility index (Phi) is 4.18. The van der Waals surface area contributed by atoms with Crippen LogP contribution in [-0.4, -0.2) is 62.2 Å². The average Bonchev–Trinajstić information content (AvgIpc) is 3.25. The Hall–Kier alpha value is -3.30. The predicted molar refractivity (Wildman–Crippen MR) is 79.1 cm³/mol. The molecule has 3 rings (SSSR count). The fourth-order valence-electron chi connectivity index (χ4n) is 2.21. The van der Waals surface area contributed by atoms with Crippen LogP contribution in [0, 0.1) is 0 Å². The maximum absolute atomic E-state index is 12.1. The van der Waals surface area contributed by atoms with Crippen LogP contribution in [0.5, 0.6) is 0 Å². The van der Waals surface area contributed by atoms with Crippen molar-refractivity contribution in [3.8, 4) is 5.69 Å². The summed E-state index contributed by atoms with van der Waals surface area (Å²) < 4.78 is 6.57. The van der Waals surface area contributed by atoms with E-state index in [1.165, 1.54) is 17.9 Å². The lowest BCUT2D eigenvalue weighted by atomic mass is 10.2. The van der Waals surface area contributed by atoms with Gasteiger partial charge in [0.15, 0.2) is 6.10 Å². The first-order valence-corrected chi connectivity index (χ1v) is 7.20. The van der Waals surface area contributed by atoms with Crippen LogP contribution in [0.4, 0.5) is 4.79 Å². The molecule has 10 heteroatoms. The molecule has 0 unspecified atom stereocenters. The summed E-state index contributed by atoms with van der Waals surface area (Å²) in [7, 11) is 0. The molecule has 0 aliphatic carbocycles. The zero-order valence-electron chi connectivity index (χ0n) is 12.7. The highest BCUT2D eigenvalue weighted by molar-refractivity contribution is 5.99. The van der Waals surface area contributed by atoms with Gasteiger partial charge in [-0.05, 0) is 41.6 Å². The first-order valence-electron chi connectivity index (χ1n) is 7.20. The van der Waals surface area contributed by atoms with Gasteiger partial charge in [0.05, 0.1) is 11.3 Å². The van der Waals surface area contributed by atoms with E-state index in [9.17, 15) is 14.4 Å². The molecule has 0 bridgehead atoms. The highest BCUT2D eigenvalue weighted by atomic mass is 16.5. The Morgan fingerprint density at radius 3 is 2.62 bits per heavy atom. The minimum absolute atomic E-state index is 0.264. The number of hydrogen-bond donors (Lipinski definition) is 1. The van der Waals surface area contributed by atoms with Crippen molar-refractivity contribution in [2.75, 3.05) is 13.1 Å². The van der Waals surface area contributed by atoms with Crippen LogP contribution in [0.3, 0.4) is 0 Å². The van der Waals surface area contributed by atoms with E-state index in [-0.39, 0.29) is 12.1 Å². The Bertz CT molecular complexity index is 758. The van der Waals surface area contributed by atoms with E-state index in [0.717, 1.165) is 4.90 Å².